The third-order valence-electron chi connectivity index (χ3n) is 5.98. The number of hydrogen-bond donors (Lipinski definition) is 0. The summed E-state index contributed by atoms with van der Waals surface area (Å²) in [6.45, 7) is 0.499. The number of terminal acetylenes is 2. The van der Waals surface area contributed by atoms with Gasteiger partial charge in [-0.1, -0.05) is 46.4 Å². The summed E-state index contributed by atoms with van der Waals surface area (Å²) in [6, 6.07) is 15.1. The van der Waals surface area contributed by atoms with Crippen molar-refractivity contribution in [1.82, 2.24) is 19.9 Å². The lowest BCUT2D eigenvalue weighted by atomic mass is 10.1. The van der Waals surface area contributed by atoms with Gasteiger partial charge in [0.25, 0.3) is 0 Å². The first-order valence-electron chi connectivity index (χ1n) is 13.3. The highest BCUT2D eigenvalue weighted by Crippen LogP contribution is 2.30. The molecule has 2 aliphatic rings. The van der Waals surface area contributed by atoms with E-state index in [0.29, 0.717) is 36.1 Å². The van der Waals surface area contributed by atoms with Crippen LogP contribution in [-0.4, -0.2) is 44.9 Å². The fraction of sp³-hybridized carbons (Fsp3) is 0.188. The summed E-state index contributed by atoms with van der Waals surface area (Å²) in [5.74, 6) is 8.34. The molecular weight excluding hydrogens is 564 g/mol. The lowest BCUT2D eigenvalue weighted by molar-refractivity contribution is 0.0854. The molecule has 4 heterocycles. The molecule has 0 saturated carbocycles. The van der Waals surface area contributed by atoms with E-state index in [1.165, 1.54) is 12.7 Å². The largest absolute Gasteiger partial charge is 0.481 e. The second kappa shape index (κ2) is 15.2. The molecule has 6 rings (SSSR count). The van der Waals surface area contributed by atoms with Crippen molar-refractivity contribution in [2.75, 3.05) is 13.2 Å². The smallest absolute Gasteiger partial charge is 0.235 e. The lowest BCUT2D eigenvalue weighted by Gasteiger charge is -2.09. The average molecular weight is 591 g/mol. The molecule has 2 atom stereocenters. The summed E-state index contributed by atoms with van der Waals surface area (Å²) in [6.07, 6.45) is 20.2. The van der Waals surface area contributed by atoms with Gasteiger partial charge in [0.1, 0.15) is 37.4 Å². The quantitative estimate of drug-likeness (QED) is 0.266. The maximum atomic E-state index is 5.56. The lowest BCUT2D eigenvalue weighted by Crippen LogP contribution is -2.07. The Labute approximate surface area is 253 Å². The summed E-state index contributed by atoms with van der Waals surface area (Å²) in [4.78, 5) is 26.3. The molecule has 0 aliphatic carbocycles. The van der Waals surface area contributed by atoms with Gasteiger partial charge in [-0.3, -0.25) is 0 Å². The summed E-state index contributed by atoms with van der Waals surface area (Å²) >= 11 is 0. The first kappa shape index (κ1) is 29.4. The summed E-state index contributed by atoms with van der Waals surface area (Å²) in [5, 5.41) is 7.88. The topological polar surface area (TPSA) is 132 Å². The Morgan fingerprint density at radius 1 is 0.591 bits per heavy atom. The van der Waals surface area contributed by atoms with Crippen molar-refractivity contribution >= 4 is 11.8 Å². The van der Waals surface area contributed by atoms with E-state index in [1.54, 1.807) is 24.8 Å². The molecule has 4 aromatic rings. The summed E-state index contributed by atoms with van der Waals surface area (Å²) in [7, 11) is 0. The molecule has 0 radical (unpaired) electrons. The molecule has 12 heteroatoms. The van der Waals surface area contributed by atoms with Gasteiger partial charge in [0, 0.05) is 0 Å². The van der Waals surface area contributed by atoms with E-state index in [2.05, 4.69) is 42.1 Å². The summed E-state index contributed by atoms with van der Waals surface area (Å²) < 4.78 is 21.8. The third kappa shape index (κ3) is 8.44. The Bertz CT molecular complexity index is 1510. The van der Waals surface area contributed by atoms with Gasteiger partial charge in [-0.25, -0.2) is 19.9 Å². The minimum atomic E-state index is -0.179. The van der Waals surface area contributed by atoms with Crippen LogP contribution < -0.4 is 18.9 Å². The zero-order chi connectivity index (χ0) is 30.4. The van der Waals surface area contributed by atoms with Gasteiger partial charge in [-0.15, -0.1) is 12.8 Å². The van der Waals surface area contributed by atoms with Crippen LogP contribution in [0.25, 0.3) is 0 Å². The fourth-order valence-corrected chi connectivity index (χ4v) is 3.94. The van der Waals surface area contributed by atoms with E-state index in [1.807, 2.05) is 48.5 Å². The van der Waals surface area contributed by atoms with Crippen LogP contribution >= 0.6 is 0 Å². The number of rotatable bonds is 8. The Morgan fingerprint density at radius 2 is 0.977 bits per heavy atom. The minimum absolute atomic E-state index is 0.179. The van der Waals surface area contributed by atoms with E-state index < -0.39 is 0 Å². The molecule has 0 amide bonds. The Hall–Kier alpha value is -6.14. The molecule has 220 valence electrons. The second-order valence-electron chi connectivity index (χ2n) is 9.04. The highest BCUT2D eigenvalue weighted by Gasteiger charge is 2.25. The minimum Gasteiger partial charge on any atom is -0.481 e. The Balaban J connectivity index is 0.000000175. The number of ether oxygens (including phenoxy) is 4. The van der Waals surface area contributed by atoms with Crippen LogP contribution in [0.3, 0.4) is 0 Å². The van der Waals surface area contributed by atoms with Crippen LogP contribution in [0.4, 0.5) is 0 Å². The predicted molar refractivity (Wildman–Crippen MR) is 159 cm³/mol. The van der Waals surface area contributed by atoms with Crippen LogP contribution in [0.15, 0.2) is 96.3 Å². The van der Waals surface area contributed by atoms with Crippen LogP contribution in [0.5, 0.6) is 23.0 Å². The van der Waals surface area contributed by atoms with Crippen molar-refractivity contribution in [1.29, 1.82) is 0 Å². The average Bonchev–Trinajstić information content (AvgIpc) is 3.75. The fourth-order valence-electron chi connectivity index (χ4n) is 3.94. The standard InChI is InChI=1S/2C16H13N3O3/c2*1-2-7-20-13-5-3-12(4-6-13)15-8-16(19-22-15)21-14-9-17-11-18-10-14/h2*1,3-6,9-11,15H,7-8H2/t2*15-/m10/s1. The van der Waals surface area contributed by atoms with Gasteiger partial charge in [-0.05, 0) is 35.4 Å². The molecule has 0 bridgehead atoms. The van der Waals surface area contributed by atoms with E-state index in [4.69, 9.17) is 41.5 Å². The molecule has 2 aromatic heterocycles. The molecule has 2 aromatic carbocycles. The number of benzene rings is 2. The highest BCUT2D eigenvalue weighted by atomic mass is 16.7. The van der Waals surface area contributed by atoms with Gasteiger partial charge in [-0.2, -0.15) is 0 Å². The van der Waals surface area contributed by atoms with Crippen molar-refractivity contribution in [3.05, 3.63) is 97.1 Å². The number of aromatic nitrogens is 4. The zero-order valence-corrected chi connectivity index (χ0v) is 23.4. The number of oxime groups is 2. The molecule has 0 N–H and O–H groups in total. The molecule has 2 aliphatic heterocycles. The second-order valence-corrected chi connectivity index (χ2v) is 9.04. The zero-order valence-electron chi connectivity index (χ0n) is 23.4. The van der Waals surface area contributed by atoms with Crippen molar-refractivity contribution in [3.8, 4) is 47.7 Å². The van der Waals surface area contributed by atoms with Crippen LogP contribution in [-0.2, 0) is 9.68 Å². The maximum absolute atomic E-state index is 5.56. The maximum Gasteiger partial charge on any atom is 0.235 e. The van der Waals surface area contributed by atoms with Gasteiger partial charge in [0.2, 0.25) is 11.8 Å². The first-order chi connectivity index (χ1) is 21.7. The van der Waals surface area contributed by atoms with Gasteiger partial charge in [0.15, 0.2) is 23.7 Å². The molecule has 0 fully saturated rings. The van der Waals surface area contributed by atoms with Crippen LogP contribution in [0, 0.1) is 24.7 Å². The molecular formula is C32H26N6O6. The molecule has 0 unspecified atom stereocenters. The van der Waals surface area contributed by atoms with Crippen molar-refractivity contribution in [3.63, 3.8) is 0 Å². The molecule has 44 heavy (non-hydrogen) atoms. The van der Waals surface area contributed by atoms with Gasteiger partial charge >= 0.3 is 0 Å². The molecule has 12 nitrogen and oxygen atoms in total. The van der Waals surface area contributed by atoms with E-state index in [9.17, 15) is 0 Å². The van der Waals surface area contributed by atoms with Gasteiger partial charge in [0.05, 0.1) is 37.6 Å². The van der Waals surface area contributed by atoms with Crippen molar-refractivity contribution in [2.24, 2.45) is 10.3 Å². The van der Waals surface area contributed by atoms with Gasteiger partial charge < -0.3 is 28.6 Å². The van der Waals surface area contributed by atoms with Crippen LogP contribution in [0.1, 0.15) is 36.2 Å². The third-order valence-corrected chi connectivity index (χ3v) is 5.98. The highest BCUT2D eigenvalue weighted by molar-refractivity contribution is 5.80. The predicted octanol–water partition coefficient (Wildman–Crippen LogP) is 4.69. The summed E-state index contributed by atoms with van der Waals surface area (Å²) in [5.41, 5.74) is 1.97. The molecule has 0 saturated heterocycles. The number of hydrogen-bond acceptors (Lipinski definition) is 12. The SMILES string of the molecule is C#CCOc1ccc([C@@H]2CC(Oc3cncnc3)=NO2)cc1.C#CCOc1ccc([C@H]2CC(Oc3cncnc3)=NO2)cc1. The Kier molecular flexibility index (Phi) is 10.1. The van der Waals surface area contributed by atoms with Crippen molar-refractivity contribution < 1.29 is 28.6 Å². The van der Waals surface area contributed by atoms with E-state index in [0.717, 1.165) is 22.6 Å². The first-order valence-corrected chi connectivity index (χ1v) is 13.3. The van der Waals surface area contributed by atoms with E-state index >= 15 is 0 Å². The van der Waals surface area contributed by atoms with Crippen molar-refractivity contribution in [2.45, 2.75) is 25.0 Å². The van der Waals surface area contributed by atoms with Crippen LogP contribution in [0.2, 0.25) is 0 Å². The normalized spacial score (nSPS) is 16.3. The molecule has 0 spiro atoms. The Morgan fingerprint density at radius 3 is 1.34 bits per heavy atom. The number of nitrogens with zero attached hydrogens (tertiary/aromatic N) is 6. The monoisotopic (exact) mass is 590 g/mol. The van der Waals surface area contributed by atoms with E-state index in [-0.39, 0.29) is 25.4 Å².